The van der Waals surface area contributed by atoms with Crippen molar-refractivity contribution < 1.29 is 23.4 Å². The second-order valence-corrected chi connectivity index (χ2v) is 7.05. The van der Waals surface area contributed by atoms with Crippen molar-refractivity contribution in [1.82, 2.24) is 0 Å². The molecule has 31 heavy (non-hydrogen) atoms. The van der Waals surface area contributed by atoms with E-state index in [9.17, 15) is 33.8 Å². The quantitative estimate of drug-likeness (QED) is 0.376. The molecule has 0 aliphatic rings. The highest BCUT2D eigenvalue weighted by molar-refractivity contribution is 7.99. The fourth-order valence-electron chi connectivity index (χ4n) is 2.49. The molecule has 0 aliphatic heterocycles. The normalized spacial score (nSPS) is 10.4. The fraction of sp³-hybridized carbons (Fsp3) is 0. The molecular weight excluding hydrogens is 434 g/mol. The SMILES string of the molecule is O=C(Nc1ccc(F)cc1F)Nc1ccccc1Sc1ccc([N+](=O)[O-])cc1[N+](=O)[O-]. The van der Waals surface area contributed by atoms with Crippen LogP contribution in [-0.4, -0.2) is 15.9 Å². The summed E-state index contributed by atoms with van der Waals surface area (Å²) in [7, 11) is 0. The fourth-order valence-corrected chi connectivity index (χ4v) is 3.48. The Morgan fingerprint density at radius 2 is 1.55 bits per heavy atom. The van der Waals surface area contributed by atoms with E-state index in [1.807, 2.05) is 0 Å². The summed E-state index contributed by atoms with van der Waals surface area (Å²) >= 11 is 0.913. The van der Waals surface area contributed by atoms with Gasteiger partial charge in [0.05, 0.1) is 32.2 Å². The van der Waals surface area contributed by atoms with E-state index in [2.05, 4.69) is 10.6 Å². The summed E-state index contributed by atoms with van der Waals surface area (Å²) in [5.41, 5.74) is -0.884. The van der Waals surface area contributed by atoms with Crippen molar-refractivity contribution >= 4 is 40.5 Å². The summed E-state index contributed by atoms with van der Waals surface area (Å²) in [4.78, 5) is 33.5. The summed E-state index contributed by atoms with van der Waals surface area (Å²) in [6.45, 7) is 0. The highest BCUT2D eigenvalue weighted by Gasteiger charge is 2.21. The Kier molecular flexibility index (Phi) is 6.40. The largest absolute Gasteiger partial charge is 0.323 e. The lowest BCUT2D eigenvalue weighted by Crippen LogP contribution is -2.20. The Bertz CT molecular complexity index is 1190. The molecule has 12 heteroatoms. The molecule has 0 heterocycles. The molecule has 3 aromatic carbocycles. The van der Waals surface area contributed by atoms with Crippen molar-refractivity contribution in [3.63, 3.8) is 0 Å². The number of carbonyl (C=O) groups excluding carboxylic acids is 1. The van der Waals surface area contributed by atoms with E-state index < -0.39 is 38.9 Å². The number of anilines is 2. The first kappa shape index (κ1) is 21.6. The lowest BCUT2D eigenvalue weighted by molar-refractivity contribution is -0.396. The number of halogens is 2. The predicted octanol–water partition coefficient (Wildman–Crippen LogP) is 5.58. The van der Waals surface area contributed by atoms with Crippen LogP contribution in [0.3, 0.4) is 0 Å². The molecule has 9 nitrogen and oxygen atoms in total. The van der Waals surface area contributed by atoms with Crippen LogP contribution in [0.25, 0.3) is 0 Å². The van der Waals surface area contributed by atoms with E-state index in [4.69, 9.17) is 0 Å². The molecule has 0 atom stereocenters. The minimum Gasteiger partial charge on any atom is -0.307 e. The van der Waals surface area contributed by atoms with Gasteiger partial charge in [0.15, 0.2) is 0 Å². The number of non-ortho nitro benzene ring substituents is 1. The molecule has 0 fully saturated rings. The minimum absolute atomic E-state index is 0.120. The first-order valence-electron chi connectivity index (χ1n) is 8.47. The van der Waals surface area contributed by atoms with Crippen LogP contribution in [0.4, 0.5) is 36.3 Å². The molecule has 3 rings (SSSR count). The standard InChI is InChI=1S/C19H12F2N4O5S/c20-11-5-7-14(13(21)9-11)22-19(26)23-15-3-1-2-4-17(15)31-18-8-6-12(24(27)28)10-16(18)25(29)30/h1-10H,(H2,22,23,26). The summed E-state index contributed by atoms with van der Waals surface area (Å²) in [6.07, 6.45) is 0. The number of nitrogens with zero attached hydrogens (tertiary/aromatic N) is 2. The number of para-hydroxylation sites is 1. The van der Waals surface area contributed by atoms with E-state index in [0.29, 0.717) is 11.0 Å². The van der Waals surface area contributed by atoms with Crippen LogP contribution in [0.5, 0.6) is 0 Å². The van der Waals surface area contributed by atoms with Crippen molar-refractivity contribution in [2.45, 2.75) is 9.79 Å². The van der Waals surface area contributed by atoms with Crippen LogP contribution in [0.1, 0.15) is 0 Å². The third kappa shape index (κ3) is 5.30. The van der Waals surface area contributed by atoms with E-state index in [1.54, 1.807) is 18.2 Å². The Morgan fingerprint density at radius 3 is 2.23 bits per heavy atom. The zero-order valence-electron chi connectivity index (χ0n) is 15.4. The van der Waals surface area contributed by atoms with Gasteiger partial charge in [0, 0.05) is 17.0 Å². The lowest BCUT2D eigenvalue weighted by atomic mass is 10.3. The maximum atomic E-state index is 13.7. The number of carbonyl (C=O) groups is 1. The highest BCUT2D eigenvalue weighted by atomic mass is 32.2. The van der Waals surface area contributed by atoms with E-state index in [1.165, 1.54) is 12.1 Å². The van der Waals surface area contributed by atoms with Gasteiger partial charge in [0.2, 0.25) is 0 Å². The topological polar surface area (TPSA) is 127 Å². The van der Waals surface area contributed by atoms with E-state index >= 15 is 0 Å². The van der Waals surface area contributed by atoms with Gasteiger partial charge in [-0.2, -0.15) is 0 Å². The Balaban J connectivity index is 1.83. The number of amides is 2. The van der Waals surface area contributed by atoms with Gasteiger partial charge in [0.1, 0.15) is 11.6 Å². The number of benzene rings is 3. The Labute approximate surface area is 177 Å². The predicted molar refractivity (Wildman–Crippen MR) is 109 cm³/mol. The molecule has 158 valence electrons. The average Bonchev–Trinajstić information content (AvgIpc) is 2.71. The Morgan fingerprint density at radius 1 is 0.839 bits per heavy atom. The van der Waals surface area contributed by atoms with Crippen LogP contribution in [-0.2, 0) is 0 Å². The summed E-state index contributed by atoms with van der Waals surface area (Å²) < 4.78 is 26.7. The van der Waals surface area contributed by atoms with E-state index in [-0.39, 0.29) is 16.3 Å². The van der Waals surface area contributed by atoms with E-state index in [0.717, 1.165) is 36.0 Å². The van der Waals surface area contributed by atoms with Crippen molar-refractivity contribution in [2.24, 2.45) is 0 Å². The second-order valence-electron chi connectivity index (χ2n) is 5.97. The summed E-state index contributed by atoms with van der Waals surface area (Å²) in [5.74, 6) is -1.76. The molecule has 0 saturated heterocycles. The van der Waals surface area contributed by atoms with Crippen LogP contribution < -0.4 is 10.6 Å². The highest BCUT2D eigenvalue weighted by Crippen LogP contribution is 2.39. The third-order valence-electron chi connectivity index (χ3n) is 3.88. The van der Waals surface area contributed by atoms with Gasteiger partial charge in [-0.15, -0.1) is 0 Å². The molecular formula is C19H12F2N4O5S. The number of hydrogen-bond acceptors (Lipinski definition) is 6. The third-order valence-corrected chi connectivity index (χ3v) is 5.03. The zero-order valence-corrected chi connectivity index (χ0v) is 16.2. The number of rotatable bonds is 6. The maximum absolute atomic E-state index is 13.7. The summed E-state index contributed by atoms with van der Waals surface area (Å²) in [5, 5.41) is 27.0. The molecule has 0 aromatic heterocycles. The summed E-state index contributed by atoms with van der Waals surface area (Å²) in [6, 6.07) is 11.4. The monoisotopic (exact) mass is 446 g/mol. The van der Waals surface area contributed by atoms with Gasteiger partial charge in [-0.1, -0.05) is 23.9 Å². The second kappa shape index (κ2) is 9.17. The van der Waals surface area contributed by atoms with Crippen molar-refractivity contribution in [1.29, 1.82) is 0 Å². The number of nitro groups is 2. The molecule has 0 unspecified atom stereocenters. The molecule has 2 amide bonds. The molecule has 0 bridgehead atoms. The van der Waals surface area contributed by atoms with Crippen LogP contribution in [0.15, 0.2) is 70.5 Å². The minimum atomic E-state index is -0.959. The smallest absolute Gasteiger partial charge is 0.307 e. The number of nitro benzene ring substituents is 2. The van der Waals surface area contributed by atoms with Crippen molar-refractivity contribution in [2.75, 3.05) is 10.6 Å². The number of nitrogens with one attached hydrogen (secondary N) is 2. The van der Waals surface area contributed by atoms with Crippen molar-refractivity contribution in [3.05, 3.63) is 92.5 Å². The van der Waals surface area contributed by atoms with Gasteiger partial charge < -0.3 is 10.6 Å². The van der Waals surface area contributed by atoms with Gasteiger partial charge in [-0.05, 0) is 30.3 Å². The molecule has 0 saturated carbocycles. The molecule has 2 N–H and O–H groups in total. The average molecular weight is 446 g/mol. The molecule has 0 aliphatic carbocycles. The molecule has 0 radical (unpaired) electrons. The number of hydrogen-bond donors (Lipinski definition) is 2. The first-order valence-corrected chi connectivity index (χ1v) is 9.29. The van der Waals surface area contributed by atoms with Crippen molar-refractivity contribution in [3.8, 4) is 0 Å². The maximum Gasteiger partial charge on any atom is 0.323 e. The zero-order chi connectivity index (χ0) is 22.5. The van der Waals surface area contributed by atoms with Gasteiger partial charge in [0.25, 0.3) is 11.4 Å². The van der Waals surface area contributed by atoms with Gasteiger partial charge >= 0.3 is 6.03 Å². The Hall–Kier alpha value is -4.06. The van der Waals surface area contributed by atoms with Gasteiger partial charge in [-0.3, -0.25) is 20.2 Å². The lowest BCUT2D eigenvalue weighted by Gasteiger charge is -2.12. The van der Waals surface area contributed by atoms with Crippen LogP contribution >= 0.6 is 11.8 Å². The van der Waals surface area contributed by atoms with Crippen LogP contribution in [0, 0.1) is 31.9 Å². The number of urea groups is 1. The first-order chi connectivity index (χ1) is 14.7. The van der Waals surface area contributed by atoms with Gasteiger partial charge in [-0.25, -0.2) is 13.6 Å². The molecule has 3 aromatic rings. The molecule has 0 spiro atoms. The van der Waals surface area contributed by atoms with Crippen LogP contribution in [0.2, 0.25) is 0 Å².